The first-order chi connectivity index (χ1) is 15.6. The van der Waals surface area contributed by atoms with Crippen LogP contribution in [-0.2, 0) is 0 Å². The van der Waals surface area contributed by atoms with E-state index >= 15 is 0 Å². The molecule has 2 heterocycles. The quantitative estimate of drug-likeness (QED) is 0.453. The topological polar surface area (TPSA) is 48.5 Å². The molecule has 0 radical (unpaired) electrons. The van der Waals surface area contributed by atoms with Crippen LogP contribution < -0.4 is 10.2 Å². The summed E-state index contributed by atoms with van der Waals surface area (Å²) < 4.78 is 1.07. The molecule has 1 aliphatic rings. The lowest BCUT2D eigenvalue weighted by molar-refractivity contribution is 0.0949. The Morgan fingerprint density at radius 2 is 1.84 bits per heavy atom. The minimum absolute atomic E-state index is 0.0119. The van der Waals surface area contributed by atoms with Crippen LogP contribution in [0.3, 0.4) is 0 Å². The maximum atomic E-state index is 12.7. The molecule has 1 aliphatic heterocycles. The second-order valence-electron chi connectivity index (χ2n) is 8.15. The third-order valence-electron chi connectivity index (χ3n) is 6.08. The number of amides is 1. The zero-order valence-electron chi connectivity index (χ0n) is 18.0. The number of anilines is 1. The third kappa shape index (κ3) is 4.18. The number of carbonyl (C=O) groups is 1. The number of aryl methyl sites for hydroxylation is 1. The highest BCUT2D eigenvalue weighted by atomic mass is 35.5. The van der Waals surface area contributed by atoms with Crippen molar-refractivity contribution >= 4 is 55.0 Å². The van der Waals surface area contributed by atoms with Crippen molar-refractivity contribution in [3.63, 3.8) is 0 Å². The van der Waals surface area contributed by atoms with Gasteiger partial charge >= 0.3 is 0 Å². The Kier molecular flexibility index (Phi) is 6.00. The van der Waals surface area contributed by atoms with Crippen molar-refractivity contribution in [3.05, 3.63) is 70.7 Å². The van der Waals surface area contributed by atoms with E-state index in [1.807, 2.05) is 54.6 Å². The molecule has 1 amide bonds. The summed E-state index contributed by atoms with van der Waals surface area (Å²) in [6, 6.07) is 17.8. The predicted molar refractivity (Wildman–Crippen MR) is 134 cm³/mol. The van der Waals surface area contributed by atoms with E-state index in [-0.39, 0.29) is 5.91 Å². The Bertz CT molecular complexity index is 1240. The fourth-order valence-corrected chi connectivity index (χ4v) is 5.60. The zero-order valence-corrected chi connectivity index (χ0v) is 19.5. The molecule has 32 heavy (non-hydrogen) atoms. The molecule has 1 aromatic heterocycles. The van der Waals surface area contributed by atoms with Crippen molar-refractivity contribution in [1.82, 2.24) is 15.2 Å². The molecule has 1 fully saturated rings. The Balaban J connectivity index is 1.15. The Morgan fingerprint density at radius 3 is 2.66 bits per heavy atom. The molecule has 0 spiro atoms. The van der Waals surface area contributed by atoms with E-state index in [4.69, 9.17) is 16.6 Å². The number of carbonyl (C=O) groups excluding carboxylic acids is 1. The van der Waals surface area contributed by atoms with Crippen molar-refractivity contribution in [2.75, 3.05) is 44.2 Å². The summed E-state index contributed by atoms with van der Waals surface area (Å²) in [6.45, 7) is 7.31. The summed E-state index contributed by atoms with van der Waals surface area (Å²) in [6.07, 6.45) is 0. The van der Waals surface area contributed by atoms with Gasteiger partial charge in [-0.15, -0.1) is 0 Å². The highest BCUT2D eigenvalue weighted by Crippen LogP contribution is 2.35. The molecule has 0 bridgehead atoms. The van der Waals surface area contributed by atoms with Crippen molar-refractivity contribution in [3.8, 4) is 0 Å². The molecule has 0 aliphatic carbocycles. The molecule has 0 saturated carbocycles. The van der Waals surface area contributed by atoms with Crippen molar-refractivity contribution in [1.29, 1.82) is 0 Å². The molecule has 7 heteroatoms. The fraction of sp³-hybridized carbons (Fsp3) is 0.280. The number of nitrogens with one attached hydrogen (secondary N) is 1. The maximum Gasteiger partial charge on any atom is 0.251 e. The van der Waals surface area contributed by atoms with Crippen LogP contribution in [0, 0.1) is 6.92 Å². The van der Waals surface area contributed by atoms with Crippen LogP contribution in [0.2, 0.25) is 5.02 Å². The summed E-state index contributed by atoms with van der Waals surface area (Å²) in [7, 11) is 0. The minimum atomic E-state index is -0.0119. The minimum Gasteiger partial charge on any atom is -0.351 e. The summed E-state index contributed by atoms with van der Waals surface area (Å²) in [4.78, 5) is 22.3. The number of hydrogen-bond donors (Lipinski definition) is 1. The largest absolute Gasteiger partial charge is 0.351 e. The van der Waals surface area contributed by atoms with E-state index in [2.05, 4.69) is 22.0 Å². The van der Waals surface area contributed by atoms with Gasteiger partial charge in [0.05, 0.1) is 15.2 Å². The fourth-order valence-electron chi connectivity index (χ4n) is 4.23. The van der Waals surface area contributed by atoms with Gasteiger partial charge in [-0.1, -0.05) is 65.4 Å². The van der Waals surface area contributed by atoms with Gasteiger partial charge < -0.3 is 10.2 Å². The van der Waals surface area contributed by atoms with Gasteiger partial charge in [0.2, 0.25) is 0 Å². The van der Waals surface area contributed by atoms with Crippen LogP contribution in [-0.4, -0.2) is 55.1 Å². The first-order valence-electron chi connectivity index (χ1n) is 10.9. The monoisotopic (exact) mass is 464 g/mol. The zero-order chi connectivity index (χ0) is 22.1. The number of hydrogen-bond acceptors (Lipinski definition) is 5. The number of halogens is 1. The average molecular weight is 465 g/mol. The van der Waals surface area contributed by atoms with Gasteiger partial charge in [0.1, 0.15) is 0 Å². The molecule has 1 N–H and O–H groups in total. The summed E-state index contributed by atoms with van der Waals surface area (Å²) in [5, 5.41) is 6.99. The van der Waals surface area contributed by atoms with E-state index in [1.54, 1.807) is 11.3 Å². The molecular weight excluding hydrogens is 440 g/mol. The normalized spacial score (nSPS) is 14.9. The lowest BCUT2D eigenvalue weighted by atomic mass is 10.0. The smallest absolute Gasteiger partial charge is 0.251 e. The second kappa shape index (κ2) is 9.06. The Morgan fingerprint density at radius 1 is 1.06 bits per heavy atom. The molecule has 5 nitrogen and oxygen atoms in total. The number of benzene rings is 3. The molecule has 1 saturated heterocycles. The van der Waals surface area contributed by atoms with E-state index in [0.717, 1.165) is 75.0 Å². The van der Waals surface area contributed by atoms with Gasteiger partial charge in [-0.3, -0.25) is 9.69 Å². The van der Waals surface area contributed by atoms with E-state index in [0.29, 0.717) is 6.54 Å². The molecule has 4 aromatic rings. The lowest BCUT2D eigenvalue weighted by Crippen LogP contribution is -2.48. The van der Waals surface area contributed by atoms with E-state index in [9.17, 15) is 4.79 Å². The average Bonchev–Trinajstić information content (AvgIpc) is 3.28. The van der Waals surface area contributed by atoms with Gasteiger partial charge in [-0.05, 0) is 35.4 Å². The number of piperazine rings is 1. The van der Waals surface area contributed by atoms with Gasteiger partial charge in [0.15, 0.2) is 5.13 Å². The molecule has 5 rings (SSSR count). The number of nitrogens with zero attached hydrogens (tertiary/aromatic N) is 3. The number of thiazole rings is 1. The van der Waals surface area contributed by atoms with Gasteiger partial charge in [-0.25, -0.2) is 4.98 Å². The van der Waals surface area contributed by atoms with Crippen molar-refractivity contribution in [2.24, 2.45) is 0 Å². The molecule has 3 aromatic carbocycles. The number of fused-ring (bicyclic) bond motifs is 2. The SMILES string of the molecule is Cc1ccc(Cl)c2sc(N3CCN(CCNC(=O)c4cccc5ccccc45)CC3)nc12. The third-order valence-corrected chi connectivity index (χ3v) is 7.65. The highest BCUT2D eigenvalue weighted by molar-refractivity contribution is 7.22. The second-order valence-corrected chi connectivity index (χ2v) is 9.53. The Hall–Kier alpha value is -2.67. The number of rotatable bonds is 5. The summed E-state index contributed by atoms with van der Waals surface area (Å²) in [5.41, 5.74) is 2.90. The van der Waals surface area contributed by atoms with Crippen LogP contribution in [0.5, 0.6) is 0 Å². The summed E-state index contributed by atoms with van der Waals surface area (Å²) >= 11 is 8.05. The maximum absolute atomic E-state index is 12.7. The van der Waals surface area contributed by atoms with Gasteiger partial charge in [0.25, 0.3) is 5.91 Å². The van der Waals surface area contributed by atoms with Crippen molar-refractivity contribution < 1.29 is 4.79 Å². The molecule has 0 unspecified atom stereocenters. The molecular formula is C25H25ClN4OS. The van der Waals surface area contributed by atoms with Gasteiger partial charge in [0, 0.05) is 44.8 Å². The Labute approximate surface area is 196 Å². The van der Waals surface area contributed by atoms with Crippen LogP contribution in [0.15, 0.2) is 54.6 Å². The van der Waals surface area contributed by atoms with E-state index < -0.39 is 0 Å². The van der Waals surface area contributed by atoms with Crippen LogP contribution in [0.1, 0.15) is 15.9 Å². The van der Waals surface area contributed by atoms with Crippen LogP contribution in [0.25, 0.3) is 21.0 Å². The lowest BCUT2D eigenvalue weighted by Gasteiger charge is -2.34. The first kappa shape index (κ1) is 21.2. The summed E-state index contributed by atoms with van der Waals surface area (Å²) in [5.74, 6) is -0.0119. The molecule has 0 atom stereocenters. The standard InChI is InChI=1S/C25H25ClN4OS/c1-17-9-10-21(26)23-22(17)28-25(32-23)30-15-13-29(14-16-30)12-11-27-24(31)20-8-4-6-18-5-2-3-7-19(18)20/h2-10H,11-16H2,1H3,(H,27,31). The predicted octanol–water partition coefficient (Wildman–Crippen LogP) is 4.96. The van der Waals surface area contributed by atoms with Crippen molar-refractivity contribution in [2.45, 2.75) is 6.92 Å². The van der Waals surface area contributed by atoms with E-state index in [1.165, 1.54) is 0 Å². The van der Waals surface area contributed by atoms with Crippen LogP contribution >= 0.6 is 22.9 Å². The van der Waals surface area contributed by atoms with Gasteiger partial charge in [-0.2, -0.15) is 0 Å². The molecule has 164 valence electrons. The van der Waals surface area contributed by atoms with Crippen LogP contribution in [0.4, 0.5) is 5.13 Å². The highest BCUT2D eigenvalue weighted by Gasteiger charge is 2.21. The number of aromatic nitrogens is 1. The first-order valence-corrected chi connectivity index (χ1v) is 12.1.